The molecule has 2 rings (SSSR count). The van der Waals surface area contributed by atoms with Gasteiger partial charge in [0.2, 0.25) is 5.91 Å². The van der Waals surface area contributed by atoms with Crippen LogP contribution in [0.1, 0.15) is 26.3 Å². The quantitative estimate of drug-likeness (QED) is 0.766. The minimum absolute atomic E-state index is 0.228. The first-order valence-corrected chi connectivity index (χ1v) is 7.79. The van der Waals surface area contributed by atoms with Gasteiger partial charge in [-0.05, 0) is 48.9 Å². The molecule has 0 radical (unpaired) electrons. The van der Waals surface area contributed by atoms with E-state index in [2.05, 4.69) is 21.2 Å². The van der Waals surface area contributed by atoms with Crippen LogP contribution in [0.25, 0.3) is 0 Å². The Hall–Kier alpha value is -2.67. The standard InChI is InChI=1S/C17H15BrN2O4/c1-10-2-7-13(8-14(10)18)20-15(21)9-24-17(23)12-5-3-11(4-6-12)16(19)22/h2-8H,9H2,1H3,(H2,19,22)(H,20,21). The summed E-state index contributed by atoms with van der Waals surface area (Å²) >= 11 is 3.38. The molecule has 2 amide bonds. The van der Waals surface area contributed by atoms with Crippen molar-refractivity contribution in [2.45, 2.75) is 6.92 Å². The molecule has 6 nitrogen and oxygen atoms in total. The van der Waals surface area contributed by atoms with Crippen LogP contribution in [0, 0.1) is 6.92 Å². The number of carbonyl (C=O) groups excluding carboxylic acids is 3. The van der Waals surface area contributed by atoms with Crippen molar-refractivity contribution in [2.75, 3.05) is 11.9 Å². The first-order valence-electron chi connectivity index (χ1n) is 7.00. The third-order valence-electron chi connectivity index (χ3n) is 3.20. The van der Waals surface area contributed by atoms with E-state index in [-0.39, 0.29) is 11.1 Å². The van der Waals surface area contributed by atoms with E-state index in [0.717, 1.165) is 10.0 Å². The number of hydrogen-bond donors (Lipinski definition) is 2. The third-order valence-corrected chi connectivity index (χ3v) is 4.05. The zero-order valence-electron chi connectivity index (χ0n) is 12.8. The van der Waals surface area contributed by atoms with Gasteiger partial charge in [0, 0.05) is 15.7 Å². The summed E-state index contributed by atoms with van der Waals surface area (Å²) in [5, 5.41) is 2.63. The Labute approximate surface area is 147 Å². The summed E-state index contributed by atoms with van der Waals surface area (Å²) in [5.41, 5.74) is 7.27. The average Bonchev–Trinajstić information content (AvgIpc) is 2.56. The molecule has 3 N–H and O–H groups in total. The Morgan fingerprint density at radius 3 is 2.29 bits per heavy atom. The number of amides is 2. The van der Waals surface area contributed by atoms with Crippen molar-refractivity contribution >= 4 is 39.4 Å². The van der Waals surface area contributed by atoms with Crippen LogP contribution in [-0.2, 0) is 9.53 Å². The zero-order valence-corrected chi connectivity index (χ0v) is 14.4. The Balaban J connectivity index is 1.89. The number of hydrogen-bond acceptors (Lipinski definition) is 4. The Kier molecular flexibility index (Phi) is 5.70. The van der Waals surface area contributed by atoms with Crippen LogP contribution in [0.5, 0.6) is 0 Å². The molecule has 0 aliphatic carbocycles. The zero-order chi connectivity index (χ0) is 17.7. The predicted molar refractivity (Wildman–Crippen MR) is 92.8 cm³/mol. The number of carbonyl (C=O) groups is 3. The molecule has 2 aromatic carbocycles. The van der Waals surface area contributed by atoms with Gasteiger partial charge in [-0.25, -0.2) is 4.79 Å². The Morgan fingerprint density at radius 2 is 1.71 bits per heavy atom. The maximum absolute atomic E-state index is 11.9. The summed E-state index contributed by atoms with van der Waals surface area (Å²) in [7, 11) is 0. The van der Waals surface area contributed by atoms with E-state index in [1.807, 2.05) is 13.0 Å². The lowest BCUT2D eigenvalue weighted by Crippen LogP contribution is -2.21. The van der Waals surface area contributed by atoms with Crippen molar-refractivity contribution < 1.29 is 19.1 Å². The van der Waals surface area contributed by atoms with Gasteiger partial charge in [-0.2, -0.15) is 0 Å². The highest BCUT2D eigenvalue weighted by atomic mass is 79.9. The summed E-state index contributed by atoms with van der Waals surface area (Å²) in [6, 6.07) is 11.0. The van der Waals surface area contributed by atoms with Gasteiger partial charge in [0.25, 0.3) is 5.91 Å². The maximum Gasteiger partial charge on any atom is 0.338 e. The van der Waals surface area contributed by atoms with Crippen molar-refractivity contribution in [1.29, 1.82) is 0 Å². The summed E-state index contributed by atoms with van der Waals surface area (Å²) in [4.78, 5) is 34.6. The van der Waals surface area contributed by atoms with Crippen molar-refractivity contribution in [2.24, 2.45) is 5.73 Å². The number of esters is 1. The number of primary amides is 1. The van der Waals surface area contributed by atoms with Crippen molar-refractivity contribution in [1.82, 2.24) is 0 Å². The second kappa shape index (κ2) is 7.74. The van der Waals surface area contributed by atoms with Crippen molar-refractivity contribution in [3.8, 4) is 0 Å². The summed E-state index contributed by atoms with van der Waals surface area (Å²) < 4.78 is 5.80. The van der Waals surface area contributed by atoms with E-state index in [4.69, 9.17) is 10.5 Å². The second-order valence-corrected chi connectivity index (χ2v) is 5.88. The van der Waals surface area contributed by atoms with Gasteiger partial charge < -0.3 is 15.8 Å². The number of nitrogens with one attached hydrogen (secondary N) is 1. The summed E-state index contributed by atoms with van der Waals surface area (Å²) in [6.45, 7) is 1.52. The summed E-state index contributed by atoms with van der Waals surface area (Å²) in [5.74, 6) is -1.70. The van der Waals surface area contributed by atoms with E-state index in [1.54, 1.807) is 12.1 Å². The Bertz CT molecular complexity index is 788. The van der Waals surface area contributed by atoms with Crippen molar-refractivity contribution in [3.05, 3.63) is 63.6 Å². The molecule has 0 fully saturated rings. The lowest BCUT2D eigenvalue weighted by atomic mass is 10.1. The fourth-order valence-corrected chi connectivity index (χ4v) is 2.23. The molecular formula is C17H15BrN2O4. The number of benzene rings is 2. The van der Waals surface area contributed by atoms with Crippen LogP contribution in [0.3, 0.4) is 0 Å². The van der Waals surface area contributed by atoms with Crippen LogP contribution >= 0.6 is 15.9 Å². The highest BCUT2D eigenvalue weighted by Gasteiger charge is 2.11. The van der Waals surface area contributed by atoms with E-state index in [9.17, 15) is 14.4 Å². The minimum atomic E-state index is -0.661. The number of rotatable bonds is 5. The molecule has 0 bridgehead atoms. The van der Waals surface area contributed by atoms with Crippen LogP contribution in [0.2, 0.25) is 0 Å². The Morgan fingerprint density at radius 1 is 1.08 bits per heavy atom. The van der Waals surface area contributed by atoms with Crippen LogP contribution in [0.4, 0.5) is 5.69 Å². The van der Waals surface area contributed by atoms with Crippen LogP contribution < -0.4 is 11.1 Å². The molecule has 2 aromatic rings. The largest absolute Gasteiger partial charge is 0.452 e. The first-order chi connectivity index (χ1) is 11.4. The number of ether oxygens (including phenoxy) is 1. The maximum atomic E-state index is 11.9. The van der Waals surface area contributed by atoms with Gasteiger partial charge in [-0.15, -0.1) is 0 Å². The lowest BCUT2D eigenvalue weighted by molar-refractivity contribution is -0.119. The van der Waals surface area contributed by atoms with E-state index < -0.39 is 24.4 Å². The van der Waals surface area contributed by atoms with Gasteiger partial charge in [-0.3, -0.25) is 9.59 Å². The highest BCUT2D eigenvalue weighted by Crippen LogP contribution is 2.20. The molecule has 0 aromatic heterocycles. The van der Waals surface area contributed by atoms with Crippen molar-refractivity contribution in [3.63, 3.8) is 0 Å². The van der Waals surface area contributed by atoms with Gasteiger partial charge in [0.05, 0.1) is 5.56 Å². The molecule has 0 saturated heterocycles. The molecule has 0 aliphatic rings. The fraction of sp³-hybridized carbons (Fsp3) is 0.118. The molecule has 0 aliphatic heterocycles. The molecule has 7 heteroatoms. The molecule has 0 spiro atoms. The summed E-state index contributed by atoms with van der Waals surface area (Å²) in [6.07, 6.45) is 0. The number of nitrogens with two attached hydrogens (primary N) is 1. The normalized spacial score (nSPS) is 10.1. The second-order valence-electron chi connectivity index (χ2n) is 5.03. The number of aryl methyl sites for hydroxylation is 1. The predicted octanol–water partition coefficient (Wildman–Crippen LogP) is 2.65. The van der Waals surface area contributed by atoms with Gasteiger partial charge >= 0.3 is 5.97 Å². The molecule has 0 atom stereocenters. The topological polar surface area (TPSA) is 98.5 Å². The van der Waals surface area contributed by atoms with Gasteiger partial charge in [0.1, 0.15) is 0 Å². The SMILES string of the molecule is Cc1ccc(NC(=O)COC(=O)c2ccc(C(N)=O)cc2)cc1Br. The smallest absolute Gasteiger partial charge is 0.338 e. The molecule has 24 heavy (non-hydrogen) atoms. The lowest BCUT2D eigenvalue weighted by Gasteiger charge is -2.08. The minimum Gasteiger partial charge on any atom is -0.452 e. The van der Waals surface area contributed by atoms with E-state index in [0.29, 0.717) is 5.69 Å². The van der Waals surface area contributed by atoms with Crippen LogP contribution in [-0.4, -0.2) is 24.4 Å². The molecule has 0 saturated carbocycles. The third kappa shape index (κ3) is 4.66. The average molecular weight is 391 g/mol. The number of halogens is 1. The van der Waals surface area contributed by atoms with Gasteiger partial charge in [0.15, 0.2) is 6.61 Å². The van der Waals surface area contributed by atoms with Crippen LogP contribution in [0.15, 0.2) is 46.9 Å². The highest BCUT2D eigenvalue weighted by molar-refractivity contribution is 9.10. The molecule has 0 unspecified atom stereocenters. The molecule has 124 valence electrons. The van der Waals surface area contributed by atoms with E-state index in [1.165, 1.54) is 24.3 Å². The molecule has 0 heterocycles. The molecular weight excluding hydrogens is 376 g/mol. The van der Waals surface area contributed by atoms with Gasteiger partial charge in [-0.1, -0.05) is 22.0 Å². The van der Waals surface area contributed by atoms with E-state index >= 15 is 0 Å². The fourth-order valence-electron chi connectivity index (χ4n) is 1.85. The number of anilines is 1. The first kappa shape index (κ1) is 17.7. The monoisotopic (exact) mass is 390 g/mol.